The Morgan fingerprint density at radius 1 is 1.42 bits per heavy atom. The molecule has 1 fully saturated rings. The Labute approximate surface area is 151 Å². The van der Waals surface area contributed by atoms with Crippen LogP contribution in [0, 0.1) is 0 Å². The van der Waals surface area contributed by atoms with E-state index in [1.54, 1.807) is 23.6 Å². The molecule has 0 saturated carbocycles. The van der Waals surface area contributed by atoms with Crippen LogP contribution in [0.1, 0.15) is 50.0 Å². The minimum absolute atomic E-state index is 0.0555. The fourth-order valence-electron chi connectivity index (χ4n) is 2.33. The van der Waals surface area contributed by atoms with Crippen LogP contribution < -0.4 is 5.32 Å². The zero-order valence-electron chi connectivity index (χ0n) is 14.5. The van der Waals surface area contributed by atoms with Crippen LogP contribution in [-0.4, -0.2) is 44.6 Å². The first-order chi connectivity index (χ1) is 11.4. The fraction of sp³-hybridized carbons (Fsp3) is 0.625. The van der Waals surface area contributed by atoms with Gasteiger partial charge in [0.15, 0.2) is 0 Å². The summed E-state index contributed by atoms with van der Waals surface area (Å²) in [6.07, 6.45) is 2.71. The van der Waals surface area contributed by atoms with E-state index in [1.807, 2.05) is 13.0 Å². The minimum Gasteiger partial charge on any atom is -0.348 e. The fourth-order valence-corrected chi connectivity index (χ4v) is 4.27. The molecule has 24 heavy (non-hydrogen) atoms. The number of aromatic nitrogens is 2. The number of carbonyl (C=O) groups is 2. The van der Waals surface area contributed by atoms with Gasteiger partial charge in [0.1, 0.15) is 16.1 Å². The third kappa shape index (κ3) is 4.57. The number of nitrogens with one attached hydrogen (secondary N) is 1. The largest absolute Gasteiger partial charge is 0.348 e. The Bertz CT molecular complexity index is 627. The molecule has 1 saturated heterocycles. The topological polar surface area (TPSA) is 75.2 Å². The summed E-state index contributed by atoms with van der Waals surface area (Å²) in [5, 5.41) is 12.9. The molecule has 0 unspecified atom stereocenters. The molecule has 2 amide bonds. The maximum Gasteiger partial charge on any atom is 0.250 e. The molecular formula is C16H24N4O2S2. The molecule has 2 rings (SSSR count). The quantitative estimate of drug-likeness (QED) is 0.781. The van der Waals surface area contributed by atoms with Crippen LogP contribution in [0.5, 0.6) is 0 Å². The molecule has 0 aromatic carbocycles. The van der Waals surface area contributed by atoms with Crippen LogP contribution in [0.2, 0.25) is 0 Å². The Morgan fingerprint density at radius 3 is 2.79 bits per heavy atom. The zero-order chi connectivity index (χ0) is 17.7. The molecule has 6 nitrogen and oxygen atoms in total. The molecule has 1 N–H and O–H groups in total. The van der Waals surface area contributed by atoms with Gasteiger partial charge in [-0.2, -0.15) is 0 Å². The summed E-state index contributed by atoms with van der Waals surface area (Å²) in [5.74, 6) is 1.34. The van der Waals surface area contributed by atoms with Crippen molar-refractivity contribution in [2.75, 3.05) is 11.6 Å². The molecule has 2 heterocycles. The Hall–Kier alpha value is -1.41. The molecule has 1 aliphatic heterocycles. The summed E-state index contributed by atoms with van der Waals surface area (Å²) in [6.45, 7) is 8.28. The third-order valence-electron chi connectivity index (χ3n) is 3.68. The molecule has 8 heteroatoms. The number of hydrogen-bond acceptors (Lipinski definition) is 6. The number of hydrogen-bond donors (Lipinski definition) is 1. The Balaban J connectivity index is 1.95. The van der Waals surface area contributed by atoms with Crippen molar-refractivity contribution in [1.29, 1.82) is 0 Å². The van der Waals surface area contributed by atoms with Crippen molar-refractivity contribution in [3.8, 4) is 0 Å². The van der Waals surface area contributed by atoms with Gasteiger partial charge in [0.25, 0.3) is 5.91 Å². The predicted octanol–water partition coefficient (Wildman–Crippen LogP) is 2.54. The average Bonchev–Trinajstić information content (AvgIpc) is 3.21. The number of nitrogens with zero attached hydrogens (tertiary/aromatic N) is 3. The molecule has 1 aliphatic rings. The van der Waals surface area contributed by atoms with Gasteiger partial charge in [-0.3, -0.25) is 9.59 Å². The van der Waals surface area contributed by atoms with Gasteiger partial charge in [-0.05, 0) is 13.3 Å². The van der Waals surface area contributed by atoms with E-state index in [9.17, 15) is 9.59 Å². The van der Waals surface area contributed by atoms with E-state index >= 15 is 0 Å². The SMILES string of the molecule is CC/C=C(\C)C(=O)N1CSC[C@@H]1C(=O)NCc1nnc(C(C)C)s1. The molecule has 1 aromatic rings. The van der Waals surface area contributed by atoms with E-state index in [0.29, 0.717) is 29.7 Å². The average molecular weight is 369 g/mol. The molecule has 0 aliphatic carbocycles. The summed E-state index contributed by atoms with van der Waals surface area (Å²) in [4.78, 5) is 26.6. The van der Waals surface area contributed by atoms with E-state index in [-0.39, 0.29) is 11.8 Å². The second-order valence-corrected chi connectivity index (χ2v) is 8.09. The number of allylic oxidation sites excluding steroid dienone is 1. The van der Waals surface area contributed by atoms with E-state index in [0.717, 1.165) is 16.4 Å². The van der Waals surface area contributed by atoms with E-state index in [4.69, 9.17) is 0 Å². The van der Waals surface area contributed by atoms with Gasteiger partial charge in [0, 0.05) is 17.2 Å². The molecular weight excluding hydrogens is 344 g/mol. The number of carbonyl (C=O) groups excluding carboxylic acids is 2. The molecule has 1 atom stereocenters. The third-order valence-corrected chi connectivity index (χ3v) is 5.92. The lowest BCUT2D eigenvalue weighted by atomic mass is 10.2. The predicted molar refractivity (Wildman–Crippen MR) is 97.9 cm³/mol. The number of rotatable bonds is 6. The van der Waals surface area contributed by atoms with Crippen molar-refractivity contribution in [2.24, 2.45) is 0 Å². The molecule has 132 valence electrons. The van der Waals surface area contributed by atoms with Crippen molar-refractivity contribution in [3.05, 3.63) is 21.7 Å². The summed E-state index contributed by atoms with van der Waals surface area (Å²) in [5.41, 5.74) is 0.698. The maximum atomic E-state index is 12.5. The highest BCUT2D eigenvalue weighted by Crippen LogP contribution is 2.23. The van der Waals surface area contributed by atoms with Crippen LogP contribution in [-0.2, 0) is 16.1 Å². The lowest BCUT2D eigenvalue weighted by Crippen LogP contribution is -2.47. The summed E-state index contributed by atoms with van der Waals surface area (Å²) in [7, 11) is 0. The highest BCUT2D eigenvalue weighted by atomic mass is 32.2. The minimum atomic E-state index is -0.416. The van der Waals surface area contributed by atoms with Crippen LogP contribution in [0.25, 0.3) is 0 Å². The van der Waals surface area contributed by atoms with Crippen molar-refractivity contribution >= 4 is 34.9 Å². The van der Waals surface area contributed by atoms with Crippen molar-refractivity contribution < 1.29 is 9.59 Å². The Kier molecular flexibility index (Phi) is 6.79. The highest BCUT2D eigenvalue weighted by Gasteiger charge is 2.34. The van der Waals surface area contributed by atoms with Gasteiger partial charge in [-0.1, -0.05) is 38.2 Å². The molecule has 0 bridgehead atoms. The van der Waals surface area contributed by atoms with Crippen molar-refractivity contribution in [1.82, 2.24) is 20.4 Å². The summed E-state index contributed by atoms with van der Waals surface area (Å²) >= 11 is 3.12. The van der Waals surface area contributed by atoms with E-state index in [2.05, 4.69) is 29.4 Å². The molecule has 0 radical (unpaired) electrons. The van der Waals surface area contributed by atoms with Crippen LogP contribution >= 0.6 is 23.1 Å². The van der Waals surface area contributed by atoms with Gasteiger partial charge in [-0.15, -0.1) is 22.0 Å². The second kappa shape index (κ2) is 8.62. The summed E-state index contributed by atoms with van der Waals surface area (Å²) < 4.78 is 0. The second-order valence-electron chi connectivity index (χ2n) is 5.99. The van der Waals surface area contributed by atoms with Gasteiger partial charge in [-0.25, -0.2) is 0 Å². The van der Waals surface area contributed by atoms with Crippen molar-refractivity contribution in [3.63, 3.8) is 0 Å². The lowest BCUT2D eigenvalue weighted by molar-refractivity contribution is -0.135. The number of amides is 2. The van der Waals surface area contributed by atoms with E-state index in [1.165, 1.54) is 11.3 Å². The monoisotopic (exact) mass is 368 g/mol. The van der Waals surface area contributed by atoms with Crippen LogP contribution in [0.3, 0.4) is 0 Å². The first kappa shape index (κ1) is 18.9. The number of thioether (sulfide) groups is 1. The summed E-state index contributed by atoms with van der Waals surface area (Å²) in [6, 6.07) is -0.416. The van der Waals surface area contributed by atoms with Crippen LogP contribution in [0.4, 0.5) is 0 Å². The maximum absolute atomic E-state index is 12.5. The normalized spacial score (nSPS) is 18.3. The lowest BCUT2D eigenvalue weighted by Gasteiger charge is -2.23. The first-order valence-corrected chi connectivity index (χ1v) is 10.1. The zero-order valence-corrected chi connectivity index (χ0v) is 16.2. The van der Waals surface area contributed by atoms with Crippen LogP contribution in [0.15, 0.2) is 11.6 Å². The van der Waals surface area contributed by atoms with Gasteiger partial charge >= 0.3 is 0 Å². The van der Waals surface area contributed by atoms with E-state index < -0.39 is 6.04 Å². The Morgan fingerprint density at radius 2 is 2.17 bits per heavy atom. The first-order valence-electron chi connectivity index (χ1n) is 8.09. The van der Waals surface area contributed by atoms with Gasteiger partial charge in [0.2, 0.25) is 5.91 Å². The standard InChI is InChI=1S/C16H24N4O2S2/c1-5-6-11(4)16(22)20-9-23-8-12(20)14(21)17-7-13-18-19-15(24-13)10(2)3/h6,10,12H,5,7-9H2,1-4H3,(H,17,21)/b11-6+/t12-/m1/s1. The van der Waals surface area contributed by atoms with Gasteiger partial charge in [0.05, 0.1) is 12.4 Å². The van der Waals surface area contributed by atoms with Crippen molar-refractivity contribution in [2.45, 2.75) is 52.6 Å². The molecule has 0 spiro atoms. The van der Waals surface area contributed by atoms with Gasteiger partial charge < -0.3 is 10.2 Å². The molecule has 1 aromatic heterocycles. The smallest absolute Gasteiger partial charge is 0.250 e. The highest BCUT2D eigenvalue weighted by molar-refractivity contribution is 7.99.